The Labute approximate surface area is 139 Å². The predicted octanol–water partition coefficient (Wildman–Crippen LogP) is 0.485. The summed E-state index contributed by atoms with van der Waals surface area (Å²) in [5.41, 5.74) is 0.106. The zero-order chi connectivity index (χ0) is 17.5. The van der Waals surface area contributed by atoms with Crippen molar-refractivity contribution in [3.8, 4) is 0 Å². The number of rotatable bonds is 6. The molecule has 1 N–H and O–H groups in total. The summed E-state index contributed by atoms with van der Waals surface area (Å²) in [5.74, 6) is -2.43. The number of amides is 2. The minimum atomic E-state index is -1.04. The highest BCUT2D eigenvalue weighted by molar-refractivity contribution is 5.94. The van der Waals surface area contributed by atoms with Gasteiger partial charge in [0.1, 0.15) is 0 Å². The van der Waals surface area contributed by atoms with Gasteiger partial charge in [-0.05, 0) is 18.2 Å². The number of nitrogens with zero attached hydrogens (tertiary/aromatic N) is 2. The summed E-state index contributed by atoms with van der Waals surface area (Å²) in [4.78, 5) is 27.5. The maximum Gasteiger partial charge on any atom is 0.254 e. The highest BCUT2D eigenvalue weighted by Gasteiger charge is 2.25. The molecule has 2 amide bonds. The molecule has 0 saturated carbocycles. The Morgan fingerprint density at radius 3 is 2.42 bits per heavy atom. The van der Waals surface area contributed by atoms with Crippen molar-refractivity contribution in [2.45, 2.75) is 0 Å². The number of benzene rings is 1. The summed E-state index contributed by atoms with van der Waals surface area (Å²) in [6.07, 6.45) is 0. The summed E-state index contributed by atoms with van der Waals surface area (Å²) in [7, 11) is 1.59. The zero-order valence-corrected chi connectivity index (χ0v) is 13.6. The van der Waals surface area contributed by atoms with E-state index in [0.717, 1.165) is 12.1 Å². The standard InChI is InChI=1S/C16H21F2N3O3/c1-24-9-4-19-11-15(22)20-5-7-21(8-6-20)16(23)12-2-3-13(17)14(18)10-12/h2-3,10,19H,4-9,11H2,1H3. The van der Waals surface area contributed by atoms with E-state index in [-0.39, 0.29) is 23.9 Å². The molecule has 2 rings (SSSR count). The molecule has 6 nitrogen and oxygen atoms in total. The molecule has 0 bridgehead atoms. The van der Waals surface area contributed by atoms with Crippen LogP contribution in [0.4, 0.5) is 8.78 Å². The summed E-state index contributed by atoms with van der Waals surface area (Å²) in [5, 5.41) is 2.98. The highest BCUT2D eigenvalue weighted by atomic mass is 19.2. The van der Waals surface area contributed by atoms with Crippen LogP contribution in [0.25, 0.3) is 0 Å². The summed E-state index contributed by atoms with van der Waals surface area (Å²) >= 11 is 0. The fraction of sp³-hybridized carbons (Fsp3) is 0.500. The number of ether oxygens (including phenoxy) is 1. The number of nitrogens with one attached hydrogen (secondary N) is 1. The van der Waals surface area contributed by atoms with Gasteiger partial charge in [0.05, 0.1) is 13.2 Å². The Morgan fingerprint density at radius 1 is 1.12 bits per heavy atom. The van der Waals surface area contributed by atoms with Gasteiger partial charge in [-0.25, -0.2) is 8.78 Å². The largest absolute Gasteiger partial charge is 0.383 e. The zero-order valence-electron chi connectivity index (χ0n) is 13.6. The Balaban J connectivity index is 1.82. The number of methoxy groups -OCH3 is 1. The quantitative estimate of drug-likeness (QED) is 0.765. The van der Waals surface area contributed by atoms with Gasteiger partial charge >= 0.3 is 0 Å². The van der Waals surface area contributed by atoms with E-state index in [1.807, 2.05) is 0 Å². The molecule has 1 aliphatic heterocycles. The van der Waals surface area contributed by atoms with E-state index in [2.05, 4.69) is 5.32 Å². The minimum Gasteiger partial charge on any atom is -0.383 e. The van der Waals surface area contributed by atoms with Crippen LogP contribution in [0.1, 0.15) is 10.4 Å². The van der Waals surface area contributed by atoms with Crippen LogP contribution >= 0.6 is 0 Å². The first-order chi connectivity index (χ1) is 11.5. The second-order valence-electron chi connectivity index (χ2n) is 5.47. The van der Waals surface area contributed by atoms with Crippen molar-refractivity contribution in [2.75, 3.05) is 53.0 Å². The SMILES string of the molecule is COCCNCC(=O)N1CCN(C(=O)c2ccc(F)c(F)c2)CC1. The summed E-state index contributed by atoms with van der Waals surface area (Å²) in [6, 6.07) is 3.10. The number of piperazine rings is 1. The van der Waals surface area contributed by atoms with Gasteiger partial charge in [0.2, 0.25) is 5.91 Å². The van der Waals surface area contributed by atoms with E-state index in [0.29, 0.717) is 39.3 Å². The summed E-state index contributed by atoms with van der Waals surface area (Å²) < 4.78 is 31.1. The third kappa shape index (κ3) is 4.72. The molecule has 8 heteroatoms. The van der Waals surface area contributed by atoms with E-state index >= 15 is 0 Å². The van der Waals surface area contributed by atoms with E-state index in [4.69, 9.17) is 4.74 Å². The van der Waals surface area contributed by atoms with Crippen LogP contribution in [0.5, 0.6) is 0 Å². The van der Waals surface area contributed by atoms with Crippen molar-refractivity contribution >= 4 is 11.8 Å². The van der Waals surface area contributed by atoms with Gasteiger partial charge in [0.15, 0.2) is 11.6 Å². The number of carbonyl (C=O) groups excluding carboxylic acids is 2. The van der Waals surface area contributed by atoms with Crippen LogP contribution in [0, 0.1) is 11.6 Å². The molecule has 1 saturated heterocycles. The Hall–Kier alpha value is -2.06. The van der Waals surface area contributed by atoms with Crippen molar-refractivity contribution in [1.82, 2.24) is 15.1 Å². The van der Waals surface area contributed by atoms with Gasteiger partial charge in [0, 0.05) is 45.4 Å². The van der Waals surface area contributed by atoms with E-state index in [1.54, 1.807) is 12.0 Å². The summed E-state index contributed by atoms with van der Waals surface area (Å²) in [6.45, 7) is 2.91. The molecule has 0 unspecified atom stereocenters. The lowest BCUT2D eigenvalue weighted by Gasteiger charge is -2.35. The molecule has 1 fully saturated rings. The van der Waals surface area contributed by atoms with Crippen LogP contribution in [-0.2, 0) is 9.53 Å². The molecule has 0 atom stereocenters. The van der Waals surface area contributed by atoms with Crippen molar-refractivity contribution < 1.29 is 23.1 Å². The lowest BCUT2D eigenvalue weighted by atomic mass is 10.1. The molecule has 1 aromatic rings. The minimum absolute atomic E-state index is 0.0361. The smallest absolute Gasteiger partial charge is 0.254 e. The second kappa shape index (κ2) is 8.70. The Kier molecular flexibility index (Phi) is 6.62. The van der Waals surface area contributed by atoms with Gasteiger partial charge < -0.3 is 19.9 Å². The van der Waals surface area contributed by atoms with Crippen molar-refractivity contribution in [1.29, 1.82) is 0 Å². The molecule has 0 radical (unpaired) electrons. The van der Waals surface area contributed by atoms with Crippen LogP contribution in [0.15, 0.2) is 18.2 Å². The molecule has 0 aromatic heterocycles. The number of carbonyl (C=O) groups is 2. The third-order valence-electron chi connectivity index (χ3n) is 3.85. The lowest BCUT2D eigenvalue weighted by molar-refractivity contribution is -0.131. The van der Waals surface area contributed by atoms with Crippen LogP contribution < -0.4 is 5.32 Å². The monoisotopic (exact) mass is 341 g/mol. The van der Waals surface area contributed by atoms with E-state index in [9.17, 15) is 18.4 Å². The molecule has 1 aliphatic rings. The average molecular weight is 341 g/mol. The van der Waals surface area contributed by atoms with E-state index in [1.165, 1.54) is 11.0 Å². The number of hydrogen-bond donors (Lipinski definition) is 1. The van der Waals surface area contributed by atoms with E-state index < -0.39 is 11.6 Å². The molecular weight excluding hydrogens is 320 g/mol. The van der Waals surface area contributed by atoms with Crippen LogP contribution in [0.2, 0.25) is 0 Å². The average Bonchev–Trinajstić information content (AvgIpc) is 2.60. The maximum atomic E-state index is 13.2. The Morgan fingerprint density at radius 2 is 1.79 bits per heavy atom. The van der Waals surface area contributed by atoms with Gasteiger partial charge in [-0.15, -0.1) is 0 Å². The fourth-order valence-electron chi connectivity index (χ4n) is 2.45. The van der Waals surface area contributed by atoms with Gasteiger partial charge in [-0.2, -0.15) is 0 Å². The molecule has 1 aromatic carbocycles. The molecular formula is C16H21F2N3O3. The normalized spacial score (nSPS) is 14.8. The first kappa shape index (κ1) is 18.3. The number of halogens is 2. The lowest BCUT2D eigenvalue weighted by Crippen LogP contribution is -2.52. The van der Waals surface area contributed by atoms with Crippen molar-refractivity contribution in [2.24, 2.45) is 0 Å². The molecule has 132 valence electrons. The first-order valence-corrected chi connectivity index (χ1v) is 7.74. The third-order valence-corrected chi connectivity index (χ3v) is 3.85. The molecule has 24 heavy (non-hydrogen) atoms. The van der Waals surface area contributed by atoms with Crippen molar-refractivity contribution in [3.05, 3.63) is 35.4 Å². The first-order valence-electron chi connectivity index (χ1n) is 7.74. The van der Waals surface area contributed by atoms with Crippen molar-refractivity contribution in [3.63, 3.8) is 0 Å². The molecule has 1 heterocycles. The molecule has 0 spiro atoms. The van der Waals surface area contributed by atoms with Crippen LogP contribution in [0.3, 0.4) is 0 Å². The van der Waals surface area contributed by atoms with Gasteiger partial charge in [0.25, 0.3) is 5.91 Å². The van der Waals surface area contributed by atoms with Gasteiger partial charge in [-0.3, -0.25) is 9.59 Å². The Bertz CT molecular complexity index is 590. The highest BCUT2D eigenvalue weighted by Crippen LogP contribution is 2.13. The molecule has 0 aliphatic carbocycles. The fourth-order valence-corrected chi connectivity index (χ4v) is 2.45. The van der Waals surface area contributed by atoms with Crippen LogP contribution in [-0.4, -0.2) is 74.6 Å². The topological polar surface area (TPSA) is 61.9 Å². The van der Waals surface area contributed by atoms with Gasteiger partial charge in [-0.1, -0.05) is 0 Å². The second-order valence-corrected chi connectivity index (χ2v) is 5.47. The number of hydrogen-bond acceptors (Lipinski definition) is 4. The predicted molar refractivity (Wildman–Crippen MR) is 83.6 cm³/mol. The maximum absolute atomic E-state index is 13.2.